The third-order valence-electron chi connectivity index (χ3n) is 7.16. The second-order valence-corrected chi connectivity index (χ2v) is 10.6. The molecule has 3 nitrogen and oxygen atoms in total. The molecule has 0 aromatic carbocycles. The number of hydrogen-bond donors (Lipinski definition) is 1. The highest BCUT2D eigenvalue weighted by Gasteiger charge is 2.11. The molecule has 1 N–H and O–H groups in total. The Morgan fingerprint density at radius 2 is 1.00 bits per heavy atom. The van der Waals surface area contributed by atoms with Gasteiger partial charge < -0.3 is 10.1 Å². The number of rotatable bonds is 28. The van der Waals surface area contributed by atoms with Crippen molar-refractivity contribution in [1.82, 2.24) is 5.32 Å². The van der Waals surface area contributed by atoms with Crippen molar-refractivity contribution in [2.45, 2.75) is 168 Å². The number of carbonyl (C=O) groups is 1. The summed E-state index contributed by atoms with van der Waals surface area (Å²) >= 11 is 0. The van der Waals surface area contributed by atoms with Crippen LogP contribution in [-0.4, -0.2) is 25.7 Å². The van der Waals surface area contributed by atoms with Crippen LogP contribution >= 0.6 is 0 Å². The summed E-state index contributed by atoms with van der Waals surface area (Å²) in [5.74, 6) is 0.772. The van der Waals surface area contributed by atoms with Gasteiger partial charge in [-0.15, -0.1) is 0 Å². The van der Waals surface area contributed by atoms with Crippen molar-refractivity contribution in [2.75, 3.05) is 19.7 Å². The van der Waals surface area contributed by atoms with E-state index in [2.05, 4.69) is 26.1 Å². The Morgan fingerprint density at radius 1 is 0.559 bits per heavy atom. The monoisotopic (exact) mass is 481 g/mol. The molecule has 0 amide bonds. The number of ether oxygens (including phenoxy) is 1. The van der Waals surface area contributed by atoms with Gasteiger partial charge in [0.1, 0.15) is 0 Å². The molecule has 0 saturated carbocycles. The molecule has 0 aliphatic heterocycles. The molecule has 1 atom stereocenters. The van der Waals surface area contributed by atoms with E-state index < -0.39 is 0 Å². The second kappa shape index (κ2) is 28.7. The lowest BCUT2D eigenvalue weighted by molar-refractivity contribution is -0.144. The summed E-state index contributed by atoms with van der Waals surface area (Å²) in [6, 6.07) is 0. The second-order valence-electron chi connectivity index (χ2n) is 10.6. The van der Waals surface area contributed by atoms with Gasteiger partial charge in [-0.25, -0.2) is 0 Å². The van der Waals surface area contributed by atoms with E-state index in [4.69, 9.17) is 4.74 Å². The Balaban J connectivity index is 3.71. The van der Waals surface area contributed by atoms with E-state index in [-0.39, 0.29) is 5.97 Å². The molecule has 0 bridgehead atoms. The van der Waals surface area contributed by atoms with E-state index in [9.17, 15) is 4.79 Å². The van der Waals surface area contributed by atoms with Crippen LogP contribution in [0.4, 0.5) is 0 Å². The molecule has 204 valence electrons. The zero-order valence-electron chi connectivity index (χ0n) is 23.8. The van der Waals surface area contributed by atoms with Gasteiger partial charge in [-0.1, -0.05) is 136 Å². The lowest BCUT2D eigenvalue weighted by atomic mass is 9.92. The summed E-state index contributed by atoms with van der Waals surface area (Å²) in [5.41, 5.74) is 0. The van der Waals surface area contributed by atoms with Gasteiger partial charge in [0.2, 0.25) is 0 Å². The summed E-state index contributed by atoms with van der Waals surface area (Å²) in [4.78, 5) is 12.1. The van der Waals surface area contributed by atoms with E-state index >= 15 is 0 Å². The Bertz CT molecular complexity index is 399. The number of hydrogen-bond acceptors (Lipinski definition) is 3. The van der Waals surface area contributed by atoms with Crippen molar-refractivity contribution in [3.63, 3.8) is 0 Å². The molecule has 0 aromatic rings. The normalized spacial score (nSPS) is 12.2. The molecule has 0 heterocycles. The van der Waals surface area contributed by atoms with Crippen molar-refractivity contribution in [2.24, 2.45) is 5.92 Å². The standard InChI is InChI=1S/C31H63NO2/c1-4-7-10-13-15-19-24-30(23-18-11-8-5-2)26-29-34-31(33)25-20-16-14-17-22-28-32-27-21-12-9-6-3/h30,32H,4-29H2,1-3H3. The zero-order chi connectivity index (χ0) is 25.0. The number of unbranched alkanes of at least 4 members (excludes halogenated alkanes) is 15. The first-order valence-electron chi connectivity index (χ1n) is 15.6. The molecule has 0 radical (unpaired) electrons. The summed E-state index contributed by atoms with van der Waals surface area (Å²) in [5, 5.41) is 3.55. The maximum Gasteiger partial charge on any atom is 0.305 e. The summed E-state index contributed by atoms with van der Waals surface area (Å²) < 4.78 is 5.61. The first-order valence-corrected chi connectivity index (χ1v) is 15.6. The van der Waals surface area contributed by atoms with Crippen LogP contribution in [0.5, 0.6) is 0 Å². The van der Waals surface area contributed by atoms with Crippen molar-refractivity contribution in [3.8, 4) is 0 Å². The molecule has 0 spiro atoms. The Morgan fingerprint density at radius 3 is 1.59 bits per heavy atom. The Hall–Kier alpha value is -0.570. The quantitative estimate of drug-likeness (QED) is 0.0892. The van der Waals surface area contributed by atoms with Crippen molar-refractivity contribution in [3.05, 3.63) is 0 Å². The van der Waals surface area contributed by atoms with Crippen LogP contribution < -0.4 is 5.32 Å². The van der Waals surface area contributed by atoms with E-state index in [0.717, 1.165) is 31.7 Å². The van der Waals surface area contributed by atoms with Crippen LogP contribution in [0.15, 0.2) is 0 Å². The average molecular weight is 482 g/mol. The highest BCUT2D eigenvalue weighted by molar-refractivity contribution is 5.69. The predicted octanol–water partition coefficient (Wildman–Crippen LogP) is 9.77. The molecule has 0 aromatic heterocycles. The van der Waals surface area contributed by atoms with Gasteiger partial charge in [-0.05, 0) is 44.7 Å². The molecular weight excluding hydrogens is 418 g/mol. The van der Waals surface area contributed by atoms with Crippen LogP contribution in [0.3, 0.4) is 0 Å². The maximum atomic E-state index is 12.1. The molecule has 0 saturated heterocycles. The lowest BCUT2D eigenvalue weighted by Crippen LogP contribution is -2.16. The summed E-state index contributed by atoms with van der Waals surface area (Å²) in [7, 11) is 0. The van der Waals surface area contributed by atoms with E-state index in [1.807, 2.05) is 0 Å². The fourth-order valence-electron chi connectivity index (χ4n) is 4.77. The first kappa shape index (κ1) is 33.4. The number of nitrogens with one attached hydrogen (secondary N) is 1. The highest BCUT2D eigenvalue weighted by Crippen LogP contribution is 2.22. The first-order chi connectivity index (χ1) is 16.7. The Kier molecular flexibility index (Phi) is 28.2. The smallest absolute Gasteiger partial charge is 0.305 e. The zero-order valence-corrected chi connectivity index (χ0v) is 23.8. The fourth-order valence-corrected chi connectivity index (χ4v) is 4.77. The molecule has 0 aliphatic rings. The number of carbonyl (C=O) groups excluding carboxylic acids is 1. The minimum Gasteiger partial charge on any atom is -0.466 e. The van der Waals surface area contributed by atoms with Gasteiger partial charge in [0, 0.05) is 6.42 Å². The molecule has 0 aliphatic carbocycles. The highest BCUT2D eigenvalue weighted by atomic mass is 16.5. The van der Waals surface area contributed by atoms with Gasteiger partial charge in [-0.2, -0.15) is 0 Å². The van der Waals surface area contributed by atoms with Crippen LogP contribution in [-0.2, 0) is 9.53 Å². The minimum atomic E-state index is 0.0260. The van der Waals surface area contributed by atoms with E-state index in [1.54, 1.807) is 0 Å². The Labute approximate surface area is 215 Å². The topological polar surface area (TPSA) is 38.3 Å². The van der Waals surface area contributed by atoms with Crippen LogP contribution in [0, 0.1) is 5.92 Å². The maximum absolute atomic E-state index is 12.1. The minimum absolute atomic E-state index is 0.0260. The lowest BCUT2D eigenvalue weighted by Gasteiger charge is -2.17. The fraction of sp³-hybridized carbons (Fsp3) is 0.968. The van der Waals surface area contributed by atoms with Crippen molar-refractivity contribution in [1.29, 1.82) is 0 Å². The predicted molar refractivity (Wildman–Crippen MR) is 151 cm³/mol. The van der Waals surface area contributed by atoms with Crippen molar-refractivity contribution < 1.29 is 9.53 Å². The van der Waals surface area contributed by atoms with Crippen LogP contribution in [0.1, 0.15) is 168 Å². The average Bonchev–Trinajstić information content (AvgIpc) is 2.84. The third-order valence-corrected chi connectivity index (χ3v) is 7.16. The van der Waals surface area contributed by atoms with E-state index in [1.165, 1.54) is 129 Å². The van der Waals surface area contributed by atoms with Crippen LogP contribution in [0.2, 0.25) is 0 Å². The van der Waals surface area contributed by atoms with Crippen molar-refractivity contribution >= 4 is 5.97 Å². The molecule has 0 fully saturated rings. The summed E-state index contributed by atoms with van der Waals surface area (Å²) in [6.45, 7) is 9.77. The SMILES string of the molecule is CCCCCCCCC(CCCCCC)CCOC(=O)CCCCCCCNCCCCCC. The molecule has 34 heavy (non-hydrogen) atoms. The molecule has 0 rings (SSSR count). The van der Waals surface area contributed by atoms with Gasteiger partial charge in [0.05, 0.1) is 6.61 Å². The van der Waals surface area contributed by atoms with Gasteiger partial charge >= 0.3 is 5.97 Å². The third kappa shape index (κ3) is 26.0. The molecular formula is C31H63NO2. The van der Waals surface area contributed by atoms with Gasteiger partial charge in [-0.3, -0.25) is 4.79 Å². The van der Waals surface area contributed by atoms with Crippen LogP contribution in [0.25, 0.3) is 0 Å². The number of esters is 1. The van der Waals surface area contributed by atoms with E-state index in [0.29, 0.717) is 13.0 Å². The molecule has 1 unspecified atom stereocenters. The largest absolute Gasteiger partial charge is 0.466 e. The molecule has 3 heteroatoms. The van der Waals surface area contributed by atoms with Gasteiger partial charge in [0.15, 0.2) is 0 Å². The van der Waals surface area contributed by atoms with Gasteiger partial charge in [0.25, 0.3) is 0 Å². The summed E-state index contributed by atoms with van der Waals surface area (Å²) in [6.07, 6.45) is 29.2.